The summed E-state index contributed by atoms with van der Waals surface area (Å²) in [5.74, 6) is 7.81. The number of carbonyl (C=O) groups excluding carboxylic acids is 3. The van der Waals surface area contributed by atoms with Crippen molar-refractivity contribution in [2.45, 2.75) is 69.9 Å². The summed E-state index contributed by atoms with van der Waals surface area (Å²) in [6.45, 7) is 9.04. The van der Waals surface area contributed by atoms with Crippen molar-refractivity contribution >= 4 is 70.6 Å². The van der Waals surface area contributed by atoms with E-state index in [4.69, 9.17) is 21.3 Å². The number of anilines is 5. The first-order valence-corrected chi connectivity index (χ1v) is 24.5. The Morgan fingerprint density at radius 1 is 1.00 bits per heavy atom. The minimum absolute atomic E-state index is 0.176. The highest BCUT2D eigenvalue weighted by Crippen LogP contribution is 2.52. The van der Waals surface area contributed by atoms with E-state index in [0.717, 1.165) is 86.3 Å². The van der Waals surface area contributed by atoms with Gasteiger partial charge in [-0.2, -0.15) is 4.98 Å². The Bertz CT molecular complexity index is 2550. The zero-order chi connectivity index (χ0) is 43.2. The van der Waals surface area contributed by atoms with E-state index in [-0.39, 0.29) is 18.2 Å². The van der Waals surface area contributed by atoms with E-state index in [1.54, 1.807) is 37.6 Å². The Balaban J connectivity index is 0.786. The van der Waals surface area contributed by atoms with Crippen LogP contribution in [0, 0.1) is 17.3 Å². The number of nitrogens with zero attached hydrogens (tertiary/aromatic N) is 5. The maximum Gasteiger partial charge on any atom is 0.255 e. The zero-order valence-corrected chi connectivity index (χ0v) is 37.1. The lowest BCUT2D eigenvalue weighted by Crippen LogP contribution is -2.60. The number of hydrogen-bond donors (Lipinski definition) is 3. The molecule has 0 radical (unpaired) electrons. The summed E-state index contributed by atoms with van der Waals surface area (Å²) in [5, 5.41) is 10.1. The fraction of sp³-hybridized carbons (Fsp3) is 0.426. The van der Waals surface area contributed by atoms with Gasteiger partial charge in [0.1, 0.15) is 24.0 Å². The number of fused-ring (bicyclic) bond motifs is 1. The number of methoxy groups -OCH3 is 1. The fourth-order valence-electron chi connectivity index (χ4n) is 9.41. The molecule has 5 aliphatic rings. The Hall–Kier alpha value is -5.41. The number of nitrogens with one attached hydrogen (secondary N) is 3. The van der Waals surface area contributed by atoms with Gasteiger partial charge in [0.15, 0.2) is 5.82 Å². The normalized spacial score (nSPS) is 19.7. The molecule has 3 aromatic carbocycles. The smallest absolute Gasteiger partial charge is 0.255 e. The van der Waals surface area contributed by atoms with Crippen molar-refractivity contribution in [2.75, 3.05) is 68.7 Å². The van der Waals surface area contributed by atoms with E-state index in [0.29, 0.717) is 52.3 Å². The number of amides is 3. The quantitative estimate of drug-likeness (QED) is 0.0573. The van der Waals surface area contributed by atoms with Crippen molar-refractivity contribution in [3.8, 4) is 17.6 Å². The lowest BCUT2D eigenvalue weighted by molar-refractivity contribution is -0.136. The molecular formula is C47H52ClN8O5P. The molecule has 9 rings (SSSR count). The molecular weight excluding hydrogens is 823 g/mol. The van der Waals surface area contributed by atoms with Gasteiger partial charge in [-0.25, -0.2) is 4.98 Å². The van der Waals surface area contributed by atoms with E-state index < -0.39 is 19.1 Å². The van der Waals surface area contributed by atoms with Crippen LogP contribution in [0.15, 0.2) is 60.8 Å². The minimum Gasteiger partial charge on any atom is -0.494 e. The summed E-state index contributed by atoms with van der Waals surface area (Å²) in [7, 11) is -0.866. The van der Waals surface area contributed by atoms with E-state index in [1.165, 1.54) is 24.1 Å². The van der Waals surface area contributed by atoms with Crippen LogP contribution in [0.2, 0.25) is 5.02 Å². The van der Waals surface area contributed by atoms with Gasteiger partial charge in [-0.05, 0) is 119 Å². The molecule has 1 aromatic heterocycles. The van der Waals surface area contributed by atoms with Gasteiger partial charge in [-0.15, -0.1) is 0 Å². The van der Waals surface area contributed by atoms with Crippen LogP contribution in [0.1, 0.15) is 84.3 Å². The van der Waals surface area contributed by atoms with E-state index in [1.807, 2.05) is 36.4 Å². The molecule has 4 fully saturated rings. The van der Waals surface area contributed by atoms with Crippen LogP contribution in [0.5, 0.6) is 5.75 Å². The molecule has 4 aliphatic heterocycles. The number of piperidine rings is 2. The average Bonchev–Trinajstić information content (AvgIpc) is 4.04. The summed E-state index contributed by atoms with van der Waals surface area (Å²) in [4.78, 5) is 53.2. The monoisotopic (exact) mass is 874 g/mol. The first kappa shape index (κ1) is 41.9. The van der Waals surface area contributed by atoms with Crippen molar-refractivity contribution in [1.29, 1.82) is 0 Å². The molecule has 62 heavy (non-hydrogen) atoms. The summed E-state index contributed by atoms with van der Waals surface area (Å²) < 4.78 is 18.9. The van der Waals surface area contributed by atoms with Crippen LogP contribution in [-0.2, 0) is 20.7 Å². The largest absolute Gasteiger partial charge is 0.494 e. The third-order valence-corrected chi connectivity index (χ3v) is 14.8. The maximum atomic E-state index is 13.2. The summed E-state index contributed by atoms with van der Waals surface area (Å²) in [6.07, 6.45) is 8.54. The number of unbranched alkanes of at least 4 members (excludes halogenated alkanes) is 1. The second kappa shape index (κ2) is 17.0. The molecule has 1 atom stereocenters. The van der Waals surface area contributed by atoms with Gasteiger partial charge in [0.05, 0.1) is 24.7 Å². The van der Waals surface area contributed by atoms with Gasteiger partial charge in [0.25, 0.3) is 5.91 Å². The Morgan fingerprint density at radius 3 is 2.53 bits per heavy atom. The van der Waals surface area contributed by atoms with Crippen molar-refractivity contribution in [2.24, 2.45) is 5.41 Å². The predicted molar refractivity (Wildman–Crippen MR) is 243 cm³/mol. The van der Waals surface area contributed by atoms with Crippen molar-refractivity contribution in [3.63, 3.8) is 0 Å². The summed E-state index contributed by atoms with van der Waals surface area (Å²) in [6, 6.07) is 16.8. The second-order valence-corrected chi connectivity index (χ2v) is 21.3. The van der Waals surface area contributed by atoms with Gasteiger partial charge in [-0.1, -0.05) is 41.6 Å². The molecule has 5 heterocycles. The van der Waals surface area contributed by atoms with Gasteiger partial charge >= 0.3 is 0 Å². The third kappa shape index (κ3) is 8.65. The molecule has 3 N–H and O–H groups in total. The lowest BCUT2D eigenvalue weighted by atomic mass is 9.71. The second-order valence-electron chi connectivity index (χ2n) is 17.7. The molecule has 13 nitrogen and oxygen atoms in total. The van der Waals surface area contributed by atoms with Crippen molar-refractivity contribution in [3.05, 3.63) is 88.1 Å². The van der Waals surface area contributed by atoms with Crippen LogP contribution in [0.25, 0.3) is 0 Å². The van der Waals surface area contributed by atoms with Crippen LogP contribution >= 0.6 is 18.7 Å². The molecule has 4 aromatic rings. The van der Waals surface area contributed by atoms with Crippen molar-refractivity contribution in [1.82, 2.24) is 25.1 Å². The number of ether oxygens (including phenoxy) is 1. The number of rotatable bonds is 12. The van der Waals surface area contributed by atoms with E-state index in [9.17, 15) is 18.9 Å². The number of benzene rings is 3. The summed E-state index contributed by atoms with van der Waals surface area (Å²) in [5.41, 5.74) is 6.66. The van der Waals surface area contributed by atoms with E-state index >= 15 is 0 Å². The van der Waals surface area contributed by atoms with Gasteiger partial charge in [-0.3, -0.25) is 19.7 Å². The standard InChI is InChI=1S/C47H52ClN8O5P/c1-61-40-25-39(33(31-15-16-31)24-37(40)51-46-49-26-35(48)43(53-46)50-36-13-6-7-14-41(36)62(2,3)60)55-28-47(29-55)19-22-54(23-20-47)21-8-4-5-10-30-11-9-12-32-34(30)27-56(45(32)59)38-17-18-42(57)52-44(38)58/h6-7,9,11-14,24-26,31,38H,4,8,15-23,27-29H2,1-3H3,(H,52,57,58)(H2,49,50,51,53). The first-order valence-electron chi connectivity index (χ1n) is 21.5. The van der Waals surface area contributed by atoms with Gasteiger partial charge in [0.2, 0.25) is 17.8 Å². The topological polar surface area (TPSA) is 149 Å². The highest BCUT2D eigenvalue weighted by Gasteiger charge is 2.46. The molecule has 3 amide bonds. The molecule has 1 unspecified atom stereocenters. The minimum atomic E-state index is -2.56. The molecule has 1 aliphatic carbocycles. The average molecular weight is 875 g/mol. The van der Waals surface area contributed by atoms with Crippen LogP contribution in [0.4, 0.5) is 28.8 Å². The highest BCUT2D eigenvalue weighted by molar-refractivity contribution is 7.70. The van der Waals surface area contributed by atoms with Crippen LogP contribution < -0.4 is 30.9 Å². The zero-order valence-electron chi connectivity index (χ0n) is 35.4. The van der Waals surface area contributed by atoms with Crippen LogP contribution in [-0.4, -0.2) is 96.7 Å². The number of hydrogen-bond acceptors (Lipinski definition) is 11. The van der Waals surface area contributed by atoms with Gasteiger partial charge < -0.3 is 34.6 Å². The number of aromatic nitrogens is 2. The Morgan fingerprint density at radius 2 is 1.79 bits per heavy atom. The molecule has 1 spiro atoms. The SMILES string of the molecule is COc1cc(N2CC3(CCN(CCCC#Cc4cccc5c4CN(C4CCC(=O)NC4=O)C5=O)CC3)C2)c(C2CC2)cc1Nc1ncc(Cl)c(Nc2ccccc2P(C)(C)=O)n1. The Labute approximate surface area is 367 Å². The molecule has 15 heteroatoms. The van der Waals surface area contributed by atoms with Crippen molar-refractivity contribution < 1.29 is 23.7 Å². The Kier molecular flexibility index (Phi) is 11.5. The van der Waals surface area contributed by atoms with Gasteiger partial charge in [0, 0.05) is 66.1 Å². The molecule has 0 bridgehead atoms. The number of carbonyl (C=O) groups is 3. The number of halogens is 1. The molecule has 3 saturated heterocycles. The number of para-hydroxylation sites is 1. The molecule has 1 saturated carbocycles. The predicted octanol–water partition coefficient (Wildman–Crippen LogP) is 7.25. The number of likely N-dealkylation sites (tertiary alicyclic amines) is 1. The first-order chi connectivity index (χ1) is 29.9. The third-order valence-electron chi connectivity index (χ3n) is 13.0. The highest BCUT2D eigenvalue weighted by atomic mass is 35.5. The van der Waals surface area contributed by atoms with E-state index in [2.05, 4.69) is 54.7 Å². The number of imide groups is 1. The summed E-state index contributed by atoms with van der Waals surface area (Å²) >= 11 is 6.55. The maximum absolute atomic E-state index is 13.2. The fourth-order valence-corrected chi connectivity index (χ4v) is 10.7. The lowest BCUT2D eigenvalue weighted by Gasteiger charge is -2.55. The van der Waals surface area contributed by atoms with Crippen LogP contribution in [0.3, 0.4) is 0 Å². The molecule has 322 valence electrons.